The predicted octanol–water partition coefficient (Wildman–Crippen LogP) is 4.64. The minimum atomic E-state index is -1.20. The number of ether oxygens (including phenoxy) is 2. The Bertz CT molecular complexity index is 334. The Labute approximate surface area is 114 Å². The largest absolute Gasteiger partial charge is 0.451 e. The Morgan fingerprint density at radius 1 is 0.875 bits per heavy atom. The van der Waals surface area contributed by atoms with Gasteiger partial charge >= 0.3 is 0 Å². The van der Waals surface area contributed by atoms with Crippen LogP contribution in [0.25, 0.3) is 0 Å². The predicted molar refractivity (Wildman–Crippen MR) is 65.7 cm³/mol. The van der Waals surface area contributed by atoms with Crippen molar-refractivity contribution in [2.45, 2.75) is 36.8 Å². The maximum Gasteiger partial charge on any atom is 0.244 e. The van der Waals surface area contributed by atoms with Crippen molar-refractivity contribution < 1.29 is 9.47 Å². The van der Waals surface area contributed by atoms with Gasteiger partial charge in [-0.3, -0.25) is 0 Å². The van der Waals surface area contributed by atoms with E-state index < -0.39 is 10.1 Å². The third kappa shape index (κ3) is 1.80. The van der Waals surface area contributed by atoms with Crippen LogP contribution < -0.4 is 0 Å². The van der Waals surface area contributed by atoms with Crippen LogP contribution in [0.1, 0.15) is 26.7 Å². The molecular weight excluding hydrogens is 294 g/mol. The molecule has 0 aromatic carbocycles. The first-order valence-electron chi connectivity index (χ1n) is 4.74. The summed E-state index contributed by atoms with van der Waals surface area (Å²) in [6.07, 6.45) is 0.897. The van der Waals surface area contributed by atoms with Crippen molar-refractivity contribution in [2.24, 2.45) is 0 Å². The lowest BCUT2D eigenvalue weighted by Crippen LogP contribution is -2.53. The van der Waals surface area contributed by atoms with Gasteiger partial charge in [-0.25, -0.2) is 0 Å². The van der Waals surface area contributed by atoms with Crippen molar-refractivity contribution in [1.29, 1.82) is 0 Å². The van der Waals surface area contributed by atoms with Gasteiger partial charge in [-0.05, 0) is 37.0 Å². The first-order chi connectivity index (χ1) is 7.27. The van der Waals surface area contributed by atoms with Gasteiger partial charge in [-0.1, -0.05) is 34.3 Å². The van der Waals surface area contributed by atoms with Crippen LogP contribution in [0.2, 0.25) is 0 Å². The quantitative estimate of drug-likeness (QED) is 0.479. The van der Waals surface area contributed by atoms with Gasteiger partial charge in [0.1, 0.15) is 0 Å². The minimum Gasteiger partial charge on any atom is -0.451 e. The zero-order chi connectivity index (χ0) is 12.1. The zero-order valence-corrected chi connectivity index (χ0v) is 11.8. The lowest BCUT2D eigenvalue weighted by Gasteiger charge is -2.47. The van der Waals surface area contributed by atoms with E-state index in [1.54, 1.807) is 0 Å². The summed E-state index contributed by atoms with van der Waals surface area (Å²) in [6.45, 7) is 3.96. The highest BCUT2D eigenvalue weighted by atomic mass is 35.5. The summed E-state index contributed by atoms with van der Waals surface area (Å²) < 4.78 is 10.8. The molecule has 1 heterocycles. The third-order valence-corrected chi connectivity index (χ3v) is 4.65. The molecule has 0 spiro atoms. The van der Waals surface area contributed by atoms with E-state index in [0.29, 0.717) is 12.8 Å². The summed E-state index contributed by atoms with van der Waals surface area (Å²) in [6, 6.07) is 0. The molecule has 0 aromatic heterocycles. The highest BCUT2D eigenvalue weighted by Gasteiger charge is 2.59. The number of alkyl halides is 2. The van der Waals surface area contributed by atoms with Crippen LogP contribution in [-0.2, 0) is 9.47 Å². The lowest BCUT2D eigenvalue weighted by atomic mass is 9.88. The minimum absolute atomic E-state index is 0.0553. The van der Waals surface area contributed by atoms with Crippen molar-refractivity contribution in [1.82, 2.24) is 0 Å². The van der Waals surface area contributed by atoms with Crippen LogP contribution in [0.3, 0.4) is 0 Å². The van der Waals surface area contributed by atoms with Crippen molar-refractivity contribution in [3.05, 3.63) is 21.6 Å². The fourth-order valence-electron chi connectivity index (χ4n) is 1.84. The molecule has 0 bridgehead atoms. The molecule has 16 heavy (non-hydrogen) atoms. The Hall–Kier alpha value is 0.240. The number of halogens is 4. The van der Waals surface area contributed by atoms with Crippen LogP contribution in [0, 0.1) is 0 Å². The second-order valence-corrected chi connectivity index (χ2v) is 6.03. The molecule has 2 aliphatic rings. The molecule has 0 amide bonds. The zero-order valence-electron chi connectivity index (χ0n) is 8.74. The molecule has 2 nitrogen and oxygen atoms in total. The van der Waals surface area contributed by atoms with Gasteiger partial charge in [0.15, 0.2) is 0 Å². The fourth-order valence-corrected chi connectivity index (χ4v) is 3.02. The summed E-state index contributed by atoms with van der Waals surface area (Å²) >= 11 is 24.2. The van der Waals surface area contributed by atoms with Gasteiger partial charge in [-0.2, -0.15) is 0 Å². The molecule has 0 saturated carbocycles. The van der Waals surface area contributed by atoms with Gasteiger partial charge in [-0.15, -0.1) is 0 Å². The Kier molecular flexibility index (Phi) is 3.07. The van der Waals surface area contributed by atoms with E-state index in [0.717, 1.165) is 11.1 Å². The SMILES string of the molecule is CC1=C(C)CC2(Cl)OC(Cl)=C(Cl)OC2(Cl)C1. The average molecular weight is 304 g/mol. The molecule has 6 heteroatoms. The van der Waals surface area contributed by atoms with Gasteiger partial charge in [0.05, 0.1) is 0 Å². The van der Waals surface area contributed by atoms with E-state index in [2.05, 4.69) is 0 Å². The molecule has 2 atom stereocenters. The van der Waals surface area contributed by atoms with Crippen LogP contribution in [0.15, 0.2) is 21.6 Å². The second-order valence-electron chi connectivity index (χ2n) is 4.12. The summed E-state index contributed by atoms with van der Waals surface area (Å²) in [5, 5.41) is -2.51. The van der Waals surface area contributed by atoms with E-state index in [1.165, 1.54) is 0 Å². The summed E-state index contributed by atoms with van der Waals surface area (Å²) in [5.74, 6) is 0. The molecule has 0 aromatic rings. The Morgan fingerprint density at radius 2 is 1.19 bits per heavy atom. The molecule has 1 aliphatic carbocycles. The van der Waals surface area contributed by atoms with Gasteiger partial charge < -0.3 is 9.47 Å². The third-order valence-electron chi connectivity index (χ3n) is 2.93. The summed E-state index contributed by atoms with van der Waals surface area (Å²) in [4.78, 5) is 0. The Balaban J connectivity index is 2.44. The first kappa shape index (κ1) is 12.7. The fraction of sp³-hybridized carbons (Fsp3) is 0.600. The topological polar surface area (TPSA) is 18.5 Å². The van der Waals surface area contributed by atoms with Crippen LogP contribution in [0.4, 0.5) is 0 Å². The smallest absolute Gasteiger partial charge is 0.244 e. The molecule has 90 valence electrons. The second kappa shape index (κ2) is 3.88. The van der Waals surface area contributed by atoms with Crippen LogP contribution >= 0.6 is 46.4 Å². The monoisotopic (exact) mass is 302 g/mol. The van der Waals surface area contributed by atoms with Crippen molar-refractivity contribution in [3.8, 4) is 0 Å². The van der Waals surface area contributed by atoms with E-state index in [1.807, 2.05) is 13.8 Å². The molecule has 2 unspecified atom stereocenters. The maximum absolute atomic E-state index is 6.35. The summed E-state index contributed by atoms with van der Waals surface area (Å²) in [5.41, 5.74) is 2.25. The molecule has 1 aliphatic heterocycles. The van der Waals surface area contributed by atoms with E-state index in [-0.39, 0.29) is 10.4 Å². The average Bonchev–Trinajstić information content (AvgIpc) is 2.12. The maximum atomic E-state index is 6.35. The standard InChI is InChI=1S/C10H10Cl4O2/c1-5-3-9(13)10(14,4-6(5)2)16-8(12)7(11)15-9/h3-4H2,1-2H3. The number of fused-ring (bicyclic) bond motifs is 1. The highest BCUT2D eigenvalue weighted by molar-refractivity contribution is 6.40. The van der Waals surface area contributed by atoms with E-state index >= 15 is 0 Å². The van der Waals surface area contributed by atoms with Crippen LogP contribution in [0.5, 0.6) is 0 Å². The van der Waals surface area contributed by atoms with E-state index in [4.69, 9.17) is 55.9 Å². The van der Waals surface area contributed by atoms with Crippen molar-refractivity contribution in [2.75, 3.05) is 0 Å². The van der Waals surface area contributed by atoms with Crippen LogP contribution in [-0.4, -0.2) is 10.1 Å². The lowest BCUT2D eigenvalue weighted by molar-refractivity contribution is -0.102. The number of rotatable bonds is 0. The Morgan fingerprint density at radius 3 is 1.50 bits per heavy atom. The summed E-state index contributed by atoms with van der Waals surface area (Å²) in [7, 11) is 0. The number of hydrogen-bond acceptors (Lipinski definition) is 2. The molecule has 0 fully saturated rings. The van der Waals surface area contributed by atoms with Gasteiger partial charge in [0.25, 0.3) is 0 Å². The van der Waals surface area contributed by atoms with Gasteiger partial charge in [0, 0.05) is 12.8 Å². The molecule has 2 rings (SSSR count). The van der Waals surface area contributed by atoms with Crippen molar-refractivity contribution in [3.63, 3.8) is 0 Å². The highest BCUT2D eigenvalue weighted by Crippen LogP contribution is 2.55. The molecule has 0 N–H and O–H groups in total. The molecular formula is C10H10Cl4O2. The first-order valence-corrected chi connectivity index (χ1v) is 6.25. The van der Waals surface area contributed by atoms with Gasteiger partial charge in [0.2, 0.25) is 20.6 Å². The van der Waals surface area contributed by atoms with E-state index in [9.17, 15) is 0 Å². The number of hydrogen-bond donors (Lipinski definition) is 0. The normalized spacial score (nSPS) is 39.1. The van der Waals surface area contributed by atoms with Crippen molar-refractivity contribution >= 4 is 46.4 Å². The molecule has 0 saturated heterocycles. The molecule has 0 radical (unpaired) electrons.